The summed E-state index contributed by atoms with van der Waals surface area (Å²) in [4.78, 5) is 25.3. The van der Waals surface area contributed by atoms with E-state index in [-0.39, 0.29) is 23.6 Å². The molecule has 0 saturated carbocycles. The zero-order valence-electron chi connectivity index (χ0n) is 46.9. The van der Waals surface area contributed by atoms with E-state index in [2.05, 4.69) is 116 Å². The van der Waals surface area contributed by atoms with Crippen molar-refractivity contribution in [3.8, 4) is 34.5 Å². The number of carbonyl (C=O) groups excluding carboxylic acids is 2. The Morgan fingerprint density at radius 1 is 0.641 bits per heavy atom. The Labute approximate surface area is 464 Å². The van der Waals surface area contributed by atoms with Gasteiger partial charge in [-0.1, -0.05) is 106 Å². The first kappa shape index (κ1) is 60.0. The van der Waals surface area contributed by atoms with Gasteiger partial charge in [-0.3, -0.25) is 4.79 Å². The minimum atomic E-state index is -2.73. The lowest BCUT2D eigenvalue weighted by Crippen LogP contribution is -2.68. The van der Waals surface area contributed by atoms with Crippen molar-refractivity contribution in [2.75, 3.05) is 73.1 Å². The van der Waals surface area contributed by atoms with Crippen LogP contribution in [0.2, 0.25) is 5.04 Å². The van der Waals surface area contributed by atoms with E-state index in [1.807, 2.05) is 71.6 Å². The summed E-state index contributed by atoms with van der Waals surface area (Å²) in [6, 6.07) is 49.7. The van der Waals surface area contributed by atoms with Gasteiger partial charge >= 0.3 is 14.3 Å². The highest BCUT2D eigenvalue weighted by atomic mass is 28.4. The summed E-state index contributed by atoms with van der Waals surface area (Å²) in [6.07, 6.45) is 6.82. The van der Waals surface area contributed by atoms with Crippen LogP contribution in [0.5, 0.6) is 34.5 Å². The van der Waals surface area contributed by atoms with Gasteiger partial charge in [0.2, 0.25) is 5.91 Å². The molecular weight excluding hydrogens is 999 g/mol. The summed E-state index contributed by atoms with van der Waals surface area (Å²) in [5.41, 5.74) is 9.70. The van der Waals surface area contributed by atoms with Crippen LogP contribution >= 0.6 is 0 Å². The number of nitrogens with two attached hydrogens (primary N) is 1. The van der Waals surface area contributed by atoms with Gasteiger partial charge in [0.25, 0.3) is 0 Å². The number of aryl methyl sites for hydroxylation is 2. The molecule has 1 atom stereocenters. The summed E-state index contributed by atoms with van der Waals surface area (Å²) in [5.74, 6) is 4.11. The number of primary amides is 1. The lowest BCUT2D eigenvalue weighted by atomic mass is 10.0. The molecule has 7 rings (SSSR count). The number of carbonyl (C=O) groups is 2. The number of unbranched alkanes of at least 4 members (excludes halogenated alkanes) is 1. The van der Waals surface area contributed by atoms with Gasteiger partial charge in [0.1, 0.15) is 24.2 Å². The number of ether oxygens (including phenoxy) is 5. The lowest BCUT2D eigenvalue weighted by Gasteiger charge is -2.43. The third-order valence-electron chi connectivity index (χ3n) is 14.0. The number of nitrogens with zero attached hydrogens (tertiary/aromatic N) is 1. The predicted molar refractivity (Wildman–Crippen MR) is 315 cm³/mol. The second kappa shape index (κ2) is 30.7. The summed E-state index contributed by atoms with van der Waals surface area (Å²) < 4.78 is 34.1. The number of hydrogen-bond acceptors (Lipinski definition) is 11. The number of methoxy groups -OCH3 is 4. The second-order valence-corrected chi connectivity index (χ2v) is 24.9. The van der Waals surface area contributed by atoms with E-state index in [1.54, 1.807) is 28.4 Å². The first-order valence-electron chi connectivity index (χ1n) is 27.2. The minimum Gasteiger partial charge on any atom is -0.534 e. The quantitative estimate of drug-likeness (QED) is 0.0246. The van der Waals surface area contributed by atoms with E-state index >= 15 is 0 Å². The first-order valence-corrected chi connectivity index (χ1v) is 29.2. The fourth-order valence-corrected chi connectivity index (χ4v) is 14.1. The molecule has 14 nitrogen and oxygen atoms in total. The maximum atomic E-state index is 12.8. The molecule has 0 aromatic heterocycles. The van der Waals surface area contributed by atoms with Crippen molar-refractivity contribution < 1.29 is 42.8 Å². The number of rotatable bonds is 27. The lowest BCUT2D eigenvalue weighted by molar-refractivity contribution is -0.118. The number of hydrogen-bond donors (Lipinski definition) is 5. The van der Waals surface area contributed by atoms with E-state index in [4.69, 9.17) is 33.8 Å². The van der Waals surface area contributed by atoms with Crippen LogP contribution in [0.1, 0.15) is 76.0 Å². The first-order chi connectivity index (χ1) is 37.7. The number of urea groups is 1. The highest BCUT2D eigenvalue weighted by molar-refractivity contribution is 7.00. The molecule has 1 aliphatic rings. The van der Waals surface area contributed by atoms with Gasteiger partial charge < -0.3 is 59.8 Å². The van der Waals surface area contributed by atoms with Crippen molar-refractivity contribution in [1.29, 1.82) is 0 Å². The van der Waals surface area contributed by atoms with Gasteiger partial charge in [0.05, 0.1) is 28.4 Å². The Kier molecular flexibility index (Phi) is 23.6. The van der Waals surface area contributed by atoms with E-state index in [9.17, 15) is 14.7 Å². The minimum absolute atomic E-state index is 0.0242. The topological polar surface area (TPSA) is 175 Å². The summed E-state index contributed by atoms with van der Waals surface area (Å²) in [6.45, 7) is 10.3. The van der Waals surface area contributed by atoms with Gasteiger partial charge in [-0.15, -0.1) is 0 Å². The highest BCUT2D eigenvalue weighted by Gasteiger charge is 2.52. The standard InChI is InChI=1S/C51H66N4O6Si.C12H17NO3/c1-51(2,3)62(46-15-8-6-9-16-46,47-17-10-7-11-18-47)61-45-26-24-44(25-27-45)60-38-43(56)37-52-33-29-39-19-22-41(23-20-39)54-42-30-34-55(35-31-42)50(57)53-32-13-12-14-40-21-28-48(58-4)49(36-40)59-5;1-15-10-7-6-9(8-11(10)16-2)4-3-5-12(13)14/h6-11,15-28,36,42-43,52,54,56H,12-14,29-35,37-38H2,1-5H3,(H,53,57);6-8H,3-5H2,1-2H3,(H2,13,14)/t43-;/m0./s1. The van der Waals surface area contributed by atoms with Crippen LogP contribution < -0.4 is 60.2 Å². The van der Waals surface area contributed by atoms with Crippen LogP contribution in [-0.2, 0) is 24.1 Å². The zero-order valence-corrected chi connectivity index (χ0v) is 47.9. The fourth-order valence-electron chi connectivity index (χ4n) is 9.71. The Bertz CT molecular complexity index is 2680. The molecule has 0 radical (unpaired) electrons. The van der Waals surface area contributed by atoms with Crippen LogP contribution in [0, 0.1) is 0 Å². The molecule has 1 fully saturated rings. The molecule has 78 heavy (non-hydrogen) atoms. The Morgan fingerprint density at radius 3 is 1.69 bits per heavy atom. The number of piperidine rings is 1. The average Bonchev–Trinajstić information content (AvgIpc) is 3.58. The second-order valence-electron chi connectivity index (χ2n) is 20.6. The van der Waals surface area contributed by atoms with Crippen molar-refractivity contribution in [3.05, 3.63) is 162 Å². The Balaban J connectivity index is 0.000000527. The fraction of sp³-hybridized carbons (Fsp3) is 0.397. The van der Waals surface area contributed by atoms with Crippen LogP contribution in [0.25, 0.3) is 0 Å². The number of likely N-dealkylation sites (tertiary alicyclic amines) is 1. The molecule has 0 spiro atoms. The maximum absolute atomic E-state index is 12.8. The van der Waals surface area contributed by atoms with Crippen LogP contribution in [-0.4, -0.2) is 110 Å². The third kappa shape index (κ3) is 17.9. The molecule has 3 amide bonds. The number of amides is 3. The maximum Gasteiger partial charge on any atom is 0.319 e. The van der Waals surface area contributed by atoms with Crippen LogP contribution in [0.3, 0.4) is 0 Å². The highest BCUT2D eigenvalue weighted by Crippen LogP contribution is 2.38. The Hall–Kier alpha value is -7.20. The molecule has 0 unspecified atom stereocenters. The number of benzene rings is 6. The molecule has 15 heteroatoms. The number of nitrogens with one attached hydrogen (secondary N) is 3. The number of anilines is 1. The van der Waals surface area contributed by atoms with Gasteiger partial charge in [0.15, 0.2) is 23.0 Å². The summed E-state index contributed by atoms with van der Waals surface area (Å²) in [5, 5.41) is 23.1. The zero-order chi connectivity index (χ0) is 55.8. The summed E-state index contributed by atoms with van der Waals surface area (Å²) >= 11 is 0. The van der Waals surface area contributed by atoms with Crippen molar-refractivity contribution in [2.45, 2.75) is 95.7 Å². The summed E-state index contributed by atoms with van der Waals surface area (Å²) in [7, 11) is 3.76. The van der Waals surface area contributed by atoms with Crippen LogP contribution in [0.4, 0.5) is 10.5 Å². The van der Waals surface area contributed by atoms with Crippen molar-refractivity contribution in [2.24, 2.45) is 5.73 Å². The molecule has 1 saturated heterocycles. The smallest absolute Gasteiger partial charge is 0.319 e. The van der Waals surface area contributed by atoms with Crippen molar-refractivity contribution in [3.63, 3.8) is 0 Å². The van der Waals surface area contributed by atoms with Crippen molar-refractivity contribution in [1.82, 2.24) is 15.5 Å². The average molecular weight is 1080 g/mol. The molecular formula is C63H83N5O9Si. The predicted octanol–water partition coefficient (Wildman–Crippen LogP) is 9.34. The largest absolute Gasteiger partial charge is 0.534 e. The molecule has 1 heterocycles. The molecule has 418 valence electrons. The van der Waals surface area contributed by atoms with Crippen molar-refractivity contribution >= 4 is 36.3 Å². The molecule has 6 aromatic rings. The number of aliphatic hydroxyl groups excluding tert-OH is 1. The van der Waals surface area contributed by atoms with Crippen LogP contribution in [0.15, 0.2) is 146 Å². The SMILES string of the molecule is COc1ccc(CCCC(N)=O)cc1OC.COc1ccc(CCCCNC(=O)N2CCC(Nc3ccc(CCNC[C@H](O)COc4ccc(O[Si](c5ccccc5)(c5ccccc5)C(C)(C)C)cc4)cc3)CC2)cc1OC. The van der Waals surface area contributed by atoms with E-state index in [1.165, 1.54) is 21.5 Å². The third-order valence-corrected chi connectivity index (χ3v) is 18.9. The van der Waals surface area contributed by atoms with E-state index in [0.29, 0.717) is 42.8 Å². The van der Waals surface area contributed by atoms with E-state index < -0.39 is 14.4 Å². The molecule has 0 aliphatic carbocycles. The molecule has 1 aliphatic heterocycles. The molecule has 6 N–H and O–H groups in total. The van der Waals surface area contributed by atoms with E-state index in [0.717, 1.165) is 99.5 Å². The Morgan fingerprint density at radius 2 is 1.17 bits per heavy atom. The van der Waals surface area contributed by atoms with Gasteiger partial charge in [0, 0.05) is 44.3 Å². The molecule has 6 aromatic carbocycles. The number of aliphatic hydroxyl groups is 1. The monoisotopic (exact) mass is 1080 g/mol. The molecule has 0 bridgehead atoms. The van der Waals surface area contributed by atoms with Gasteiger partial charge in [-0.25, -0.2) is 4.79 Å². The van der Waals surface area contributed by atoms with Gasteiger partial charge in [-0.2, -0.15) is 0 Å². The van der Waals surface area contributed by atoms with Gasteiger partial charge in [-0.05, 0) is 151 Å². The normalized spacial score (nSPS) is 13.1.